The Morgan fingerprint density at radius 2 is 0.921 bits per heavy atom. The van der Waals surface area contributed by atoms with Gasteiger partial charge in [-0.25, -0.2) is 0 Å². The molecule has 0 spiro atoms. The Morgan fingerprint density at radius 3 is 1.60 bits per heavy atom. The minimum absolute atomic E-state index is 0.479. The number of anilines is 3. The Bertz CT molecular complexity index is 3630. The SMILES string of the molecule is c1ccc(C2(c3ccccc3)c3ccccc3-c3ccc(-c4cc5c(sc6cccc(N(c7ccc8ccccc8c7)c7ccc8ccccc8c7)c65)c5ccccc45)cc32)cc1. The van der Waals surface area contributed by atoms with Crippen molar-refractivity contribution in [3.63, 3.8) is 0 Å². The van der Waals surface area contributed by atoms with Gasteiger partial charge in [0.2, 0.25) is 0 Å². The van der Waals surface area contributed by atoms with Crippen molar-refractivity contribution in [2.24, 2.45) is 0 Å². The summed E-state index contributed by atoms with van der Waals surface area (Å²) in [5.74, 6) is 0. The largest absolute Gasteiger partial charge is 0.310 e. The summed E-state index contributed by atoms with van der Waals surface area (Å²) in [6.45, 7) is 0. The summed E-state index contributed by atoms with van der Waals surface area (Å²) in [5, 5.41) is 9.98. The second kappa shape index (κ2) is 14.1. The average molecular weight is 818 g/mol. The average Bonchev–Trinajstić information content (AvgIpc) is 3.88. The minimum atomic E-state index is -0.479. The molecule has 0 radical (unpaired) electrons. The highest BCUT2D eigenvalue weighted by Crippen LogP contribution is 2.57. The zero-order valence-corrected chi connectivity index (χ0v) is 35.2. The summed E-state index contributed by atoms with van der Waals surface area (Å²) in [4.78, 5) is 2.48. The first-order valence-corrected chi connectivity index (χ1v) is 22.6. The maximum atomic E-state index is 2.51. The van der Waals surface area contributed by atoms with Crippen molar-refractivity contribution < 1.29 is 0 Å². The molecule has 0 unspecified atom stereocenters. The predicted molar refractivity (Wildman–Crippen MR) is 269 cm³/mol. The molecule has 0 saturated heterocycles. The van der Waals surface area contributed by atoms with Crippen molar-refractivity contribution >= 4 is 80.9 Å². The van der Waals surface area contributed by atoms with Crippen LogP contribution in [-0.4, -0.2) is 0 Å². The van der Waals surface area contributed by atoms with Crippen molar-refractivity contribution in [2.75, 3.05) is 4.90 Å². The number of benzene rings is 11. The monoisotopic (exact) mass is 817 g/mol. The molecule has 1 nitrogen and oxygen atoms in total. The third kappa shape index (κ3) is 5.42. The highest BCUT2D eigenvalue weighted by atomic mass is 32.1. The number of nitrogens with zero attached hydrogens (tertiary/aromatic N) is 1. The van der Waals surface area contributed by atoms with Gasteiger partial charge in [0.25, 0.3) is 0 Å². The van der Waals surface area contributed by atoms with Gasteiger partial charge < -0.3 is 4.90 Å². The van der Waals surface area contributed by atoms with Gasteiger partial charge in [0, 0.05) is 36.9 Å². The van der Waals surface area contributed by atoms with E-state index in [1.165, 1.54) is 103 Å². The molecule has 63 heavy (non-hydrogen) atoms. The Morgan fingerprint density at radius 1 is 0.349 bits per heavy atom. The molecule has 13 rings (SSSR count). The van der Waals surface area contributed by atoms with E-state index in [0.717, 1.165) is 11.4 Å². The van der Waals surface area contributed by atoms with E-state index >= 15 is 0 Å². The van der Waals surface area contributed by atoms with Gasteiger partial charge in [-0.05, 0) is 120 Å². The standard InChI is InChI=1S/C61H39NS/c1-3-20-45(21-4-1)61(46-22-5-2-6-23-46)55-27-14-13-25-50(55)51-35-32-44(38-56(51)61)53-39-54-59-57(28-15-29-58(59)63-60(54)52-26-12-11-24-49(52)53)62(47-33-30-40-16-7-9-18-42(40)36-47)48-34-31-41-17-8-10-19-43(41)37-48/h1-39H. The first-order chi connectivity index (χ1) is 31.2. The molecule has 11 aromatic carbocycles. The van der Waals surface area contributed by atoms with Crippen molar-refractivity contribution in [2.45, 2.75) is 5.41 Å². The second-order valence-electron chi connectivity index (χ2n) is 16.8. The van der Waals surface area contributed by atoms with Gasteiger partial charge in [-0.15, -0.1) is 11.3 Å². The van der Waals surface area contributed by atoms with Crippen LogP contribution in [0, 0.1) is 0 Å². The molecule has 12 aromatic rings. The molecule has 1 aliphatic rings. The van der Waals surface area contributed by atoms with Gasteiger partial charge in [-0.2, -0.15) is 0 Å². The molecule has 1 heterocycles. The Balaban J connectivity index is 1.09. The van der Waals surface area contributed by atoms with E-state index in [1.54, 1.807) is 0 Å². The summed E-state index contributed by atoms with van der Waals surface area (Å²) in [6, 6.07) is 88.0. The lowest BCUT2D eigenvalue weighted by atomic mass is 9.67. The lowest BCUT2D eigenvalue weighted by molar-refractivity contribution is 0.769. The maximum Gasteiger partial charge on any atom is 0.0713 e. The van der Waals surface area contributed by atoms with Gasteiger partial charge in [0.15, 0.2) is 0 Å². The number of hydrogen-bond donors (Lipinski definition) is 0. The first-order valence-electron chi connectivity index (χ1n) is 21.7. The van der Waals surface area contributed by atoms with E-state index in [9.17, 15) is 0 Å². The molecular formula is C61H39NS. The topological polar surface area (TPSA) is 3.24 Å². The maximum absolute atomic E-state index is 2.51. The first kappa shape index (κ1) is 35.9. The lowest BCUT2D eigenvalue weighted by Crippen LogP contribution is -2.28. The zero-order chi connectivity index (χ0) is 41.5. The number of thiophene rings is 1. The fourth-order valence-corrected chi connectivity index (χ4v) is 12.0. The van der Waals surface area contributed by atoms with Crippen molar-refractivity contribution in [3.05, 3.63) is 259 Å². The van der Waals surface area contributed by atoms with Gasteiger partial charge in [-0.3, -0.25) is 0 Å². The highest BCUT2D eigenvalue weighted by molar-refractivity contribution is 7.26. The third-order valence-corrected chi connectivity index (χ3v) is 14.7. The van der Waals surface area contributed by atoms with Crippen LogP contribution < -0.4 is 4.90 Å². The second-order valence-corrected chi connectivity index (χ2v) is 17.8. The fourth-order valence-electron chi connectivity index (χ4n) is 10.7. The van der Waals surface area contributed by atoms with E-state index in [0.29, 0.717) is 0 Å². The van der Waals surface area contributed by atoms with E-state index in [-0.39, 0.29) is 0 Å². The summed E-state index contributed by atoms with van der Waals surface area (Å²) in [5.41, 5.74) is 13.2. The molecule has 0 N–H and O–H groups in total. The van der Waals surface area contributed by atoms with E-state index < -0.39 is 5.41 Å². The Hall–Kier alpha value is -7.78. The minimum Gasteiger partial charge on any atom is -0.310 e. The Labute approximate surface area is 370 Å². The van der Waals surface area contributed by atoms with Crippen molar-refractivity contribution in [1.29, 1.82) is 0 Å². The molecule has 0 atom stereocenters. The molecule has 294 valence electrons. The molecule has 1 aromatic heterocycles. The van der Waals surface area contributed by atoms with Crippen molar-refractivity contribution in [1.82, 2.24) is 0 Å². The molecule has 0 bridgehead atoms. The van der Waals surface area contributed by atoms with Gasteiger partial charge >= 0.3 is 0 Å². The summed E-state index contributed by atoms with van der Waals surface area (Å²) in [6.07, 6.45) is 0. The zero-order valence-electron chi connectivity index (χ0n) is 34.4. The number of fused-ring (bicyclic) bond motifs is 10. The van der Waals surface area contributed by atoms with Crippen LogP contribution in [0.15, 0.2) is 237 Å². The highest BCUT2D eigenvalue weighted by Gasteiger charge is 2.46. The van der Waals surface area contributed by atoms with Crippen LogP contribution in [0.3, 0.4) is 0 Å². The predicted octanol–water partition coefficient (Wildman–Crippen LogP) is 17.0. The number of hydrogen-bond acceptors (Lipinski definition) is 2. The van der Waals surface area contributed by atoms with E-state index in [2.05, 4.69) is 241 Å². The van der Waals surface area contributed by atoms with Crippen LogP contribution in [0.1, 0.15) is 22.3 Å². The van der Waals surface area contributed by atoms with Crippen LogP contribution in [-0.2, 0) is 5.41 Å². The van der Waals surface area contributed by atoms with Crippen LogP contribution in [0.2, 0.25) is 0 Å². The summed E-state index contributed by atoms with van der Waals surface area (Å²) in [7, 11) is 0. The lowest BCUT2D eigenvalue weighted by Gasteiger charge is -2.34. The summed E-state index contributed by atoms with van der Waals surface area (Å²) < 4.78 is 2.58. The molecule has 0 saturated carbocycles. The van der Waals surface area contributed by atoms with E-state index in [4.69, 9.17) is 0 Å². The molecular weight excluding hydrogens is 779 g/mol. The normalized spacial score (nSPS) is 12.9. The van der Waals surface area contributed by atoms with E-state index in [1.807, 2.05) is 11.3 Å². The van der Waals surface area contributed by atoms with Crippen LogP contribution in [0.5, 0.6) is 0 Å². The molecule has 1 aliphatic carbocycles. The molecule has 2 heteroatoms. The smallest absolute Gasteiger partial charge is 0.0713 e. The molecule has 0 aliphatic heterocycles. The summed E-state index contributed by atoms with van der Waals surface area (Å²) >= 11 is 1.90. The Kier molecular flexibility index (Phi) is 8.06. The number of rotatable bonds is 6. The molecule has 0 fully saturated rings. The third-order valence-electron chi connectivity index (χ3n) is 13.5. The van der Waals surface area contributed by atoms with Crippen LogP contribution in [0.25, 0.3) is 74.7 Å². The van der Waals surface area contributed by atoms with Crippen molar-refractivity contribution in [3.8, 4) is 22.3 Å². The molecule has 0 amide bonds. The van der Waals surface area contributed by atoms with Gasteiger partial charge in [0.05, 0.1) is 11.1 Å². The van der Waals surface area contributed by atoms with Gasteiger partial charge in [0.1, 0.15) is 0 Å². The fraction of sp³-hybridized carbons (Fsp3) is 0.0164. The van der Waals surface area contributed by atoms with Crippen LogP contribution in [0.4, 0.5) is 17.1 Å². The quantitative estimate of drug-likeness (QED) is 0.162. The van der Waals surface area contributed by atoms with Crippen LogP contribution >= 0.6 is 11.3 Å². The van der Waals surface area contributed by atoms with Gasteiger partial charge in [-0.1, -0.05) is 188 Å².